The van der Waals surface area contributed by atoms with E-state index >= 15 is 0 Å². The number of aryl methyl sites for hydroxylation is 2. The maximum atomic E-state index is 12.3. The van der Waals surface area contributed by atoms with Crippen LogP contribution in [0.5, 0.6) is 0 Å². The van der Waals surface area contributed by atoms with Gasteiger partial charge in [-0.1, -0.05) is 22.8 Å². The van der Waals surface area contributed by atoms with E-state index in [1.54, 1.807) is 10.7 Å². The number of benzene rings is 1. The second kappa shape index (κ2) is 6.27. The Morgan fingerprint density at radius 3 is 2.67 bits per heavy atom. The molecule has 0 bridgehead atoms. The number of aromatic nitrogens is 4. The van der Waals surface area contributed by atoms with E-state index in [1.807, 2.05) is 52.0 Å². The van der Waals surface area contributed by atoms with Gasteiger partial charge in [0.15, 0.2) is 5.69 Å². The van der Waals surface area contributed by atoms with E-state index in [2.05, 4.69) is 20.6 Å². The van der Waals surface area contributed by atoms with Crippen molar-refractivity contribution in [3.63, 3.8) is 0 Å². The second-order valence-corrected chi connectivity index (χ2v) is 5.95. The van der Waals surface area contributed by atoms with Crippen LogP contribution in [0.25, 0.3) is 11.5 Å². The Kier molecular flexibility index (Phi) is 4.16. The standard InChI is InChI=1S/C17H19N5O2/c1-10(2)22-12(4)9-14(21-22)15(23)18-17-20-19-16(24-17)13-7-5-6-11(3)8-13/h5-10H,1-4H3,(H,18,20,23). The van der Waals surface area contributed by atoms with Gasteiger partial charge in [-0.3, -0.25) is 14.8 Å². The first-order chi connectivity index (χ1) is 11.4. The quantitative estimate of drug-likeness (QED) is 0.794. The van der Waals surface area contributed by atoms with E-state index in [1.165, 1.54) is 0 Å². The molecule has 0 aliphatic carbocycles. The van der Waals surface area contributed by atoms with E-state index in [4.69, 9.17) is 4.42 Å². The first-order valence-electron chi connectivity index (χ1n) is 7.72. The van der Waals surface area contributed by atoms with Crippen molar-refractivity contribution in [2.24, 2.45) is 0 Å². The Bertz CT molecular complexity index is 879. The van der Waals surface area contributed by atoms with Crippen molar-refractivity contribution >= 4 is 11.9 Å². The third-order valence-corrected chi connectivity index (χ3v) is 3.55. The van der Waals surface area contributed by atoms with Gasteiger partial charge in [-0.05, 0) is 45.9 Å². The molecular weight excluding hydrogens is 306 g/mol. The highest BCUT2D eigenvalue weighted by molar-refractivity contribution is 6.01. The lowest BCUT2D eigenvalue weighted by atomic mass is 10.1. The maximum Gasteiger partial charge on any atom is 0.322 e. The predicted molar refractivity (Wildman–Crippen MR) is 89.8 cm³/mol. The smallest absolute Gasteiger partial charge is 0.322 e. The van der Waals surface area contributed by atoms with Crippen molar-refractivity contribution in [1.82, 2.24) is 20.0 Å². The van der Waals surface area contributed by atoms with E-state index in [-0.39, 0.29) is 18.0 Å². The highest BCUT2D eigenvalue weighted by Crippen LogP contribution is 2.21. The maximum absolute atomic E-state index is 12.3. The molecule has 0 saturated heterocycles. The molecule has 0 spiro atoms. The Balaban J connectivity index is 1.77. The summed E-state index contributed by atoms with van der Waals surface area (Å²) in [5.74, 6) is -0.0187. The fraction of sp³-hybridized carbons (Fsp3) is 0.294. The molecule has 3 rings (SSSR count). The van der Waals surface area contributed by atoms with Crippen LogP contribution in [0, 0.1) is 13.8 Å². The molecular formula is C17H19N5O2. The van der Waals surface area contributed by atoms with Crippen LogP contribution in [-0.4, -0.2) is 25.9 Å². The summed E-state index contributed by atoms with van der Waals surface area (Å²) in [4.78, 5) is 12.3. The molecule has 0 fully saturated rings. The summed E-state index contributed by atoms with van der Waals surface area (Å²) in [5, 5.41) is 14.7. The number of nitrogens with zero attached hydrogens (tertiary/aromatic N) is 4. The van der Waals surface area contributed by atoms with Crippen molar-refractivity contribution in [2.75, 3.05) is 5.32 Å². The highest BCUT2D eigenvalue weighted by Gasteiger charge is 2.17. The van der Waals surface area contributed by atoms with E-state index in [0.29, 0.717) is 11.6 Å². The molecule has 2 aromatic heterocycles. The lowest BCUT2D eigenvalue weighted by Crippen LogP contribution is -2.14. The number of anilines is 1. The molecule has 1 N–H and O–H groups in total. The molecule has 0 radical (unpaired) electrons. The van der Waals surface area contributed by atoms with Gasteiger partial charge in [-0.25, -0.2) is 0 Å². The van der Waals surface area contributed by atoms with Crippen molar-refractivity contribution in [1.29, 1.82) is 0 Å². The molecule has 124 valence electrons. The van der Waals surface area contributed by atoms with Crippen LogP contribution in [0.1, 0.15) is 41.6 Å². The van der Waals surface area contributed by atoms with E-state index in [9.17, 15) is 4.79 Å². The summed E-state index contributed by atoms with van der Waals surface area (Å²) in [7, 11) is 0. The zero-order chi connectivity index (χ0) is 17.3. The lowest BCUT2D eigenvalue weighted by Gasteiger charge is -2.06. The average molecular weight is 325 g/mol. The number of amides is 1. The molecule has 3 aromatic rings. The van der Waals surface area contributed by atoms with Crippen LogP contribution in [0.15, 0.2) is 34.7 Å². The van der Waals surface area contributed by atoms with Crippen LogP contribution < -0.4 is 5.32 Å². The van der Waals surface area contributed by atoms with Gasteiger partial charge in [0.2, 0.25) is 5.89 Å². The monoisotopic (exact) mass is 325 g/mol. The molecule has 0 aliphatic rings. The van der Waals surface area contributed by atoms with Gasteiger partial charge in [-0.15, -0.1) is 5.10 Å². The number of carbonyl (C=O) groups excluding carboxylic acids is 1. The first kappa shape index (κ1) is 15.9. The zero-order valence-corrected chi connectivity index (χ0v) is 14.1. The largest absolute Gasteiger partial charge is 0.403 e. The van der Waals surface area contributed by atoms with Crippen LogP contribution in [-0.2, 0) is 0 Å². The van der Waals surface area contributed by atoms with E-state index < -0.39 is 0 Å². The zero-order valence-electron chi connectivity index (χ0n) is 14.1. The minimum Gasteiger partial charge on any atom is -0.403 e. The van der Waals surface area contributed by atoms with Gasteiger partial charge in [0, 0.05) is 17.3 Å². The Morgan fingerprint density at radius 2 is 2.00 bits per heavy atom. The summed E-state index contributed by atoms with van der Waals surface area (Å²) in [6, 6.07) is 9.67. The van der Waals surface area contributed by atoms with Crippen LogP contribution in [0.4, 0.5) is 6.01 Å². The molecule has 2 heterocycles. The molecule has 0 atom stereocenters. The topological polar surface area (TPSA) is 85.8 Å². The fourth-order valence-corrected chi connectivity index (χ4v) is 2.45. The van der Waals surface area contributed by atoms with Gasteiger partial charge in [0.1, 0.15) is 0 Å². The van der Waals surface area contributed by atoms with Crippen molar-refractivity contribution in [3.8, 4) is 11.5 Å². The molecule has 7 nitrogen and oxygen atoms in total. The molecule has 0 aliphatic heterocycles. The average Bonchev–Trinajstić information content (AvgIpc) is 3.14. The minimum atomic E-state index is -0.378. The summed E-state index contributed by atoms with van der Waals surface area (Å²) in [6.07, 6.45) is 0. The third kappa shape index (κ3) is 3.19. The van der Waals surface area contributed by atoms with Gasteiger partial charge in [0.05, 0.1) is 0 Å². The van der Waals surface area contributed by atoms with Gasteiger partial charge < -0.3 is 4.42 Å². The van der Waals surface area contributed by atoms with E-state index in [0.717, 1.165) is 16.8 Å². The first-order valence-corrected chi connectivity index (χ1v) is 7.72. The van der Waals surface area contributed by atoms with Crippen LogP contribution >= 0.6 is 0 Å². The summed E-state index contributed by atoms with van der Waals surface area (Å²) < 4.78 is 7.31. The van der Waals surface area contributed by atoms with Gasteiger partial charge in [-0.2, -0.15) is 5.10 Å². The molecule has 0 unspecified atom stereocenters. The van der Waals surface area contributed by atoms with Crippen molar-refractivity contribution in [3.05, 3.63) is 47.3 Å². The Labute approximate surface area is 139 Å². The predicted octanol–water partition coefficient (Wildman–Crippen LogP) is 3.38. The number of hydrogen-bond acceptors (Lipinski definition) is 5. The fourth-order valence-electron chi connectivity index (χ4n) is 2.45. The third-order valence-electron chi connectivity index (χ3n) is 3.55. The van der Waals surface area contributed by atoms with Gasteiger partial charge in [0.25, 0.3) is 5.91 Å². The molecule has 24 heavy (non-hydrogen) atoms. The minimum absolute atomic E-state index is 0.0493. The van der Waals surface area contributed by atoms with Crippen LogP contribution in [0.2, 0.25) is 0 Å². The normalized spacial score (nSPS) is 11.0. The Morgan fingerprint density at radius 1 is 1.21 bits per heavy atom. The molecule has 7 heteroatoms. The molecule has 1 aromatic carbocycles. The second-order valence-electron chi connectivity index (χ2n) is 5.95. The van der Waals surface area contributed by atoms with Crippen LogP contribution in [0.3, 0.4) is 0 Å². The SMILES string of the molecule is Cc1cccc(-c2nnc(NC(=O)c3cc(C)n(C(C)C)n3)o2)c1. The molecule has 1 amide bonds. The number of carbonyl (C=O) groups is 1. The van der Waals surface area contributed by atoms with Crippen molar-refractivity contribution in [2.45, 2.75) is 33.7 Å². The molecule has 0 saturated carbocycles. The van der Waals surface area contributed by atoms with Crippen molar-refractivity contribution < 1.29 is 9.21 Å². The highest BCUT2D eigenvalue weighted by atomic mass is 16.4. The summed E-state index contributed by atoms with van der Waals surface area (Å²) >= 11 is 0. The number of hydrogen-bond donors (Lipinski definition) is 1. The van der Waals surface area contributed by atoms with Gasteiger partial charge >= 0.3 is 6.01 Å². The number of nitrogens with one attached hydrogen (secondary N) is 1. The lowest BCUT2D eigenvalue weighted by molar-refractivity contribution is 0.101. The Hall–Kier alpha value is -2.96. The number of rotatable bonds is 4. The summed E-state index contributed by atoms with van der Waals surface area (Å²) in [6.45, 7) is 7.91. The summed E-state index contributed by atoms with van der Waals surface area (Å²) in [5.41, 5.74) is 3.13.